The minimum Gasteiger partial charge on any atom is -0.360 e. The topological polar surface area (TPSA) is 89.5 Å². The van der Waals surface area contributed by atoms with E-state index in [1.807, 2.05) is 13.8 Å². The third-order valence-electron chi connectivity index (χ3n) is 3.71. The smallest absolute Gasteiger partial charge is 0.299 e. The van der Waals surface area contributed by atoms with Crippen LogP contribution >= 0.6 is 15.9 Å². The molecule has 0 fully saturated rings. The van der Waals surface area contributed by atoms with Crippen LogP contribution in [-0.4, -0.2) is 28.3 Å². The summed E-state index contributed by atoms with van der Waals surface area (Å²) in [7, 11) is 0. The number of nitro benzene ring substituents is 2. The largest absolute Gasteiger partial charge is 0.360 e. The lowest BCUT2D eigenvalue weighted by atomic mass is 10.1. The summed E-state index contributed by atoms with van der Waals surface area (Å²) in [6.45, 7) is 5.12. The van der Waals surface area contributed by atoms with Gasteiger partial charge < -0.3 is 4.90 Å². The second-order valence-electron chi connectivity index (χ2n) is 5.63. The zero-order valence-corrected chi connectivity index (χ0v) is 15.8. The molecule has 0 aliphatic rings. The Labute approximate surface area is 150 Å². The van der Waals surface area contributed by atoms with Gasteiger partial charge in [-0.15, -0.1) is 0 Å². The maximum Gasteiger partial charge on any atom is 0.299 e. The molecule has 0 aromatic heterocycles. The molecule has 1 aromatic rings. The number of rotatable bonds is 11. The summed E-state index contributed by atoms with van der Waals surface area (Å²) in [5.74, 6) is 0. The van der Waals surface area contributed by atoms with Crippen LogP contribution in [0.15, 0.2) is 12.1 Å². The van der Waals surface area contributed by atoms with Crippen molar-refractivity contribution in [2.45, 2.75) is 46.0 Å². The summed E-state index contributed by atoms with van der Waals surface area (Å²) < 4.78 is 0. The Morgan fingerprint density at radius 3 is 2.00 bits per heavy atom. The minimum absolute atomic E-state index is 0.142. The summed E-state index contributed by atoms with van der Waals surface area (Å²) in [4.78, 5) is 23.9. The molecule has 0 saturated carbocycles. The van der Waals surface area contributed by atoms with Gasteiger partial charge in [0.2, 0.25) is 0 Å². The van der Waals surface area contributed by atoms with E-state index in [9.17, 15) is 20.2 Å². The molecular weight excluding hydrogens is 378 g/mol. The molecule has 0 radical (unpaired) electrons. The summed E-state index contributed by atoms with van der Waals surface area (Å²) in [6, 6.07) is 2.97. The zero-order chi connectivity index (χ0) is 18.1. The molecule has 0 aliphatic heterocycles. The van der Waals surface area contributed by atoms with Crippen molar-refractivity contribution in [1.82, 2.24) is 0 Å². The van der Waals surface area contributed by atoms with E-state index in [0.717, 1.165) is 31.0 Å². The van der Waals surface area contributed by atoms with Gasteiger partial charge in [-0.05, 0) is 31.2 Å². The van der Waals surface area contributed by atoms with Crippen molar-refractivity contribution in [1.29, 1.82) is 0 Å². The van der Waals surface area contributed by atoms with E-state index in [0.29, 0.717) is 25.1 Å². The van der Waals surface area contributed by atoms with E-state index in [1.54, 1.807) is 4.90 Å². The van der Waals surface area contributed by atoms with E-state index in [4.69, 9.17) is 0 Å². The zero-order valence-electron chi connectivity index (χ0n) is 14.2. The van der Waals surface area contributed by atoms with Gasteiger partial charge in [-0.1, -0.05) is 36.2 Å². The maximum absolute atomic E-state index is 11.6. The third kappa shape index (κ3) is 5.43. The summed E-state index contributed by atoms with van der Waals surface area (Å²) >= 11 is 3.31. The number of unbranched alkanes of at least 4 members (excludes halogenated alkanes) is 1. The van der Waals surface area contributed by atoms with Gasteiger partial charge in [0.25, 0.3) is 11.4 Å². The van der Waals surface area contributed by atoms with Crippen LogP contribution in [-0.2, 0) is 6.42 Å². The number of nitro groups is 2. The van der Waals surface area contributed by atoms with Gasteiger partial charge in [0, 0.05) is 30.6 Å². The summed E-state index contributed by atoms with van der Waals surface area (Å²) in [5.41, 5.74) is 0.433. The van der Waals surface area contributed by atoms with Crippen molar-refractivity contribution in [3.8, 4) is 0 Å². The monoisotopic (exact) mass is 401 g/mol. The van der Waals surface area contributed by atoms with E-state index in [1.165, 1.54) is 12.1 Å². The molecule has 0 N–H and O–H groups in total. The standard InChI is InChI=1S/C16H24BrN3O4/c1-3-5-10-18(9-4-2)16-14(19(21)22)11-13(7-6-8-17)12-15(16)20(23)24/h11-12H,3-10H2,1-2H3. The predicted molar refractivity (Wildman–Crippen MR) is 99.3 cm³/mol. The van der Waals surface area contributed by atoms with Crippen LogP contribution in [0, 0.1) is 20.2 Å². The molecule has 0 atom stereocenters. The molecule has 0 unspecified atom stereocenters. The van der Waals surface area contributed by atoms with Crippen molar-refractivity contribution in [3.05, 3.63) is 37.9 Å². The molecule has 24 heavy (non-hydrogen) atoms. The Kier molecular flexibility index (Phi) is 8.67. The summed E-state index contributed by atoms with van der Waals surface area (Å²) in [6.07, 6.45) is 3.85. The molecule has 0 aliphatic carbocycles. The highest BCUT2D eigenvalue weighted by Crippen LogP contribution is 2.39. The third-order valence-corrected chi connectivity index (χ3v) is 4.27. The number of aryl methyl sites for hydroxylation is 1. The lowest BCUT2D eigenvalue weighted by molar-refractivity contribution is -0.392. The molecule has 0 spiro atoms. The molecule has 1 aromatic carbocycles. The van der Waals surface area contributed by atoms with Crippen LogP contribution in [0.3, 0.4) is 0 Å². The average molecular weight is 402 g/mol. The van der Waals surface area contributed by atoms with Crippen molar-refractivity contribution < 1.29 is 9.85 Å². The lowest BCUT2D eigenvalue weighted by Gasteiger charge is -2.24. The number of hydrogen-bond acceptors (Lipinski definition) is 5. The van der Waals surface area contributed by atoms with Gasteiger partial charge in [-0.2, -0.15) is 0 Å². The second kappa shape index (κ2) is 10.2. The van der Waals surface area contributed by atoms with Gasteiger partial charge in [0.05, 0.1) is 9.85 Å². The van der Waals surface area contributed by atoms with E-state index in [2.05, 4.69) is 15.9 Å². The number of benzene rings is 1. The predicted octanol–water partition coefficient (Wildman–Crippen LogP) is 4.85. The first-order valence-electron chi connectivity index (χ1n) is 8.22. The van der Waals surface area contributed by atoms with Gasteiger partial charge in [-0.25, -0.2) is 0 Å². The van der Waals surface area contributed by atoms with Crippen LogP contribution in [0.5, 0.6) is 0 Å². The Morgan fingerprint density at radius 1 is 1.00 bits per heavy atom. The summed E-state index contributed by atoms with van der Waals surface area (Å²) in [5, 5.41) is 23.8. The van der Waals surface area contributed by atoms with Crippen molar-refractivity contribution in [3.63, 3.8) is 0 Å². The van der Waals surface area contributed by atoms with Crippen LogP contribution < -0.4 is 4.90 Å². The molecule has 0 amide bonds. The fourth-order valence-corrected chi connectivity index (χ4v) is 2.91. The highest BCUT2D eigenvalue weighted by Gasteiger charge is 2.30. The highest BCUT2D eigenvalue weighted by atomic mass is 79.9. The fraction of sp³-hybridized carbons (Fsp3) is 0.625. The highest BCUT2D eigenvalue weighted by molar-refractivity contribution is 9.09. The number of halogens is 1. The minimum atomic E-state index is -0.505. The van der Waals surface area contributed by atoms with Gasteiger partial charge in [-0.3, -0.25) is 20.2 Å². The van der Waals surface area contributed by atoms with Crippen LogP contribution in [0.1, 0.15) is 45.1 Å². The number of anilines is 1. The van der Waals surface area contributed by atoms with Crippen molar-refractivity contribution >= 4 is 33.0 Å². The Hall–Kier alpha value is -1.70. The maximum atomic E-state index is 11.6. The Morgan fingerprint density at radius 2 is 1.58 bits per heavy atom. The van der Waals surface area contributed by atoms with Gasteiger partial charge >= 0.3 is 0 Å². The lowest BCUT2D eigenvalue weighted by Crippen LogP contribution is -2.27. The molecule has 7 nitrogen and oxygen atoms in total. The quantitative estimate of drug-likeness (QED) is 0.300. The molecule has 134 valence electrons. The Balaban J connectivity index is 3.46. The van der Waals surface area contributed by atoms with E-state index < -0.39 is 9.85 Å². The molecule has 0 saturated heterocycles. The van der Waals surface area contributed by atoms with Crippen LogP contribution in [0.4, 0.5) is 17.1 Å². The van der Waals surface area contributed by atoms with Gasteiger partial charge in [0.1, 0.15) is 0 Å². The van der Waals surface area contributed by atoms with E-state index >= 15 is 0 Å². The molecule has 0 heterocycles. The van der Waals surface area contributed by atoms with Crippen LogP contribution in [0.2, 0.25) is 0 Å². The first kappa shape index (κ1) is 20.3. The van der Waals surface area contributed by atoms with Crippen LogP contribution in [0.25, 0.3) is 0 Å². The first-order chi connectivity index (χ1) is 11.5. The SMILES string of the molecule is CCCCN(CCC)c1c([N+](=O)[O-])cc(CCCBr)cc1[N+](=O)[O-]. The Bertz CT molecular complexity index is 545. The number of alkyl halides is 1. The van der Waals surface area contributed by atoms with Gasteiger partial charge in [0.15, 0.2) is 5.69 Å². The van der Waals surface area contributed by atoms with Crippen molar-refractivity contribution in [2.24, 2.45) is 0 Å². The molecule has 0 bridgehead atoms. The van der Waals surface area contributed by atoms with E-state index in [-0.39, 0.29) is 17.1 Å². The van der Waals surface area contributed by atoms with Crippen molar-refractivity contribution in [2.75, 3.05) is 23.3 Å². The molecule has 8 heteroatoms. The molecule has 1 rings (SSSR count). The average Bonchev–Trinajstić information content (AvgIpc) is 2.55. The number of nitrogens with zero attached hydrogens (tertiary/aromatic N) is 3. The first-order valence-corrected chi connectivity index (χ1v) is 9.34. The molecular formula is C16H24BrN3O4. The second-order valence-corrected chi connectivity index (χ2v) is 6.42. The fourth-order valence-electron chi connectivity index (χ4n) is 2.63. The number of hydrogen-bond donors (Lipinski definition) is 0. The normalized spacial score (nSPS) is 10.6.